The van der Waals surface area contributed by atoms with E-state index in [-0.39, 0.29) is 49.8 Å². The highest BCUT2D eigenvalue weighted by atomic mass is 35.5. The smallest absolute Gasteiger partial charge is 0.0762 e. The number of halogens is 1. The van der Waals surface area contributed by atoms with E-state index in [9.17, 15) is 15.1 Å². The first-order chi connectivity index (χ1) is 34.5. The highest BCUT2D eigenvalue weighted by Gasteiger charge is 2.37. The second-order valence-electron chi connectivity index (χ2n) is 15.5. The number of fused-ring (bicyclic) bond motifs is 2. The molecule has 0 atom stereocenters. The average Bonchev–Trinajstić information content (AvgIpc) is 3.67. The second kappa shape index (κ2) is 13.8. The number of para-hydroxylation sites is 1. The number of hydrogen-bond acceptors (Lipinski definition) is 3. The Balaban J connectivity index is 1.66. The molecule has 7 aromatic rings. The van der Waals surface area contributed by atoms with E-state index in [2.05, 4.69) is 0 Å². The summed E-state index contributed by atoms with van der Waals surface area (Å²) >= 11 is 7.78. The molecule has 1 aromatic heterocycles. The molecule has 0 bridgehead atoms. The van der Waals surface area contributed by atoms with Crippen LogP contribution < -0.4 is 9.80 Å². The molecule has 1 aliphatic rings. The average molecular weight is 767 g/mol. The Bertz CT molecular complexity index is 3600. The van der Waals surface area contributed by atoms with E-state index < -0.39 is 159 Å². The summed E-state index contributed by atoms with van der Waals surface area (Å²) in [5.74, 6) is 0. The van der Waals surface area contributed by atoms with Crippen LogP contribution in [0.15, 0.2) is 144 Å². The first-order valence-electron chi connectivity index (χ1n) is 27.9. The van der Waals surface area contributed by atoms with Crippen molar-refractivity contribution in [1.82, 2.24) is 0 Å². The van der Waals surface area contributed by atoms with E-state index in [4.69, 9.17) is 25.3 Å². The molecule has 4 heteroatoms. The molecule has 0 aliphatic heterocycles. The van der Waals surface area contributed by atoms with E-state index in [0.29, 0.717) is 35.3 Å². The third-order valence-electron chi connectivity index (χ3n) is 9.73. The van der Waals surface area contributed by atoms with Crippen molar-refractivity contribution < 1.29 is 28.8 Å². The van der Waals surface area contributed by atoms with E-state index >= 15 is 0 Å². The molecule has 2 nitrogen and oxygen atoms in total. The van der Waals surface area contributed by atoms with Gasteiger partial charge < -0.3 is 9.80 Å². The van der Waals surface area contributed by atoms with Crippen molar-refractivity contribution in [1.29, 1.82) is 0 Å². The Labute approximate surface area is 360 Å². The summed E-state index contributed by atoms with van der Waals surface area (Å²) in [5.41, 5.74) is -5.55. The van der Waals surface area contributed by atoms with Gasteiger partial charge in [-0.3, -0.25) is 0 Å². The molecular formula is C50H49ClN2S. The maximum Gasteiger partial charge on any atom is 0.0762 e. The Morgan fingerprint density at radius 1 is 0.611 bits per heavy atom. The summed E-state index contributed by atoms with van der Waals surface area (Å²) in [6, 6.07) is -9.79. The molecule has 8 rings (SSSR count). The summed E-state index contributed by atoms with van der Waals surface area (Å²) in [4.78, 5) is 2.11. The van der Waals surface area contributed by atoms with Crippen molar-refractivity contribution in [3.8, 4) is 11.1 Å². The van der Waals surface area contributed by atoms with Crippen molar-refractivity contribution >= 4 is 67.1 Å². The van der Waals surface area contributed by atoms with Crippen LogP contribution in [0.25, 0.3) is 21.2 Å². The first-order valence-corrected chi connectivity index (χ1v) is 18.6. The molecule has 6 aromatic carbocycles. The summed E-state index contributed by atoms with van der Waals surface area (Å²) in [7, 11) is 0. The van der Waals surface area contributed by atoms with Crippen molar-refractivity contribution in [2.45, 2.75) is 77.6 Å². The third kappa shape index (κ3) is 6.74. The molecule has 1 aliphatic carbocycles. The number of hydrogen-bond donors (Lipinski definition) is 0. The third-order valence-corrected chi connectivity index (χ3v) is 10.7. The number of rotatable bonds is 7. The summed E-state index contributed by atoms with van der Waals surface area (Å²) in [6.07, 6.45) is 1.08. The quantitative estimate of drug-likeness (QED) is 0.159. The standard InChI is InChI=1S/C50H49ClN2S/c1-48(2,3)35-22-25-45(42(28-35)34-16-10-8-11-17-34)53(38-23-24-43-44(32-38)50(6,7)27-26-49(43,4)5)40-30-36(51)29-39(31-40)52(37-18-12-9-13-19-37)46-33-54-47-21-15-14-20-41(46)47/h8-25,28-33H,26-27H2,1-7H3/i8D,9D,10D,11D,12D,13D,14D,15D,16D,17D,18D,19D,20D,21D,22D,23D,24D,25D,28D,32D,33D. The molecule has 54 heavy (non-hydrogen) atoms. The van der Waals surface area contributed by atoms with Crippen LogP contribution >= 0.6 is 22.9 Å². The Hall–Kier alpha value is -4.83. The highest BCUT2D eigenvalue weighted by Crippen LogP contribution is 2.51. The highest BCUT2D eigenvalue weighted by molar-refractivity contribution is 7.17. The number of benzene rings is 6. The van der Waals surface area contributed by atoms with E-state index in [1.165, 1.54) is 18.2 Å². The van der Waals surface area contributed by atoms with Gasteiger partial charge in [0, 0.05) is 48.8 Å². The van der Waals surface area contributed by atoms with Crippen LogP contribution in [0.3, 0.4) is 0 Å². The fourth-order valence-corrected chi connectivity index (χ4v) is 7.63. The van der Waals surface area contributed by atoms with Gasteiger partial charge >= 0.3 is 0 Å². The molecule has 0 unspecified atom stereocenters. The van der Waals surface area contributed by atoms with Crippen LogP contribution in [0.2, 0.25) is 5.02 Å². The Kier molecular flexibility index (Phi) is 4.89. The van der Waals surface area contributed by atoms with Crippen LogP contribution in [0.4, 0.5) is 34.1 Å². The number of thiophene rings is 1. The summed E-state index contributed by atoms with van der Waals surface area (Å²) in [5, 5.41) is -0.954. The molecule has 0 saturated carbocycles. The Morgan fingerprint density at radius 2 is 1.22 bits per heavy atom. The van der Waals surface area contributed by atoms with Crippen molar-refractivity contribution in [2.24, 2.45) is 0 Å². The van der Waals surface area contributed by atoms with Gasteiger partial charge in [-0.2, -0.15) is 0 Å². The minimum absolute atomic E-state index is 0.0688. The molecule has 0 spiro atoms. The van der Waals surface area contributed by atoms with Crippen LogP contribution in [0.1, 0.15) is 107 Å². The van der Waals surface area contributed by atoms with Crippen LogP contribution in [-0.4, -0.2) is 0 Å². The monoisotopic (exact) mass is 765 g/mol. The largest absolute Gasteiger partial charge is 0.310 e. The Morgan fingerprint density at radius 3 is 1.91 bits per heavy atom. The molecule has 0 saturated heterocycles. The lowest BCUT2D eigenvalue weighted by Gasteiger charge is -2.42. The van der Waals surface area contributed by atoms with Crippen molar-refractivity contribution in [3.63, 3.8) is 0 Å². The molecule has 272 valence electrons. The predicted octanol–water partition coefficient (Wildman–Crippen LogP) is 15.8. The molecule has 0 amide bonds. The van der Waals surface area contributed by atoms with Crippen LogP contribution in [0.5, 0.6) is 0 Å². The normalized spacial score (nSPS) is 20.3. The van der Waals surface area contributed by atoms with Gasteiger partial charge in [-0.25, -0.2) is 0 Å². The van der Waals surface area contributed by atoms with Crippen molar-refractivity contribution in [3.05, 3.63) is 166 Å². The zero-order valence-electron chi connectivity index (χ0n) is 51.8. The lowest BCUT2D eigenvalue weighted by molar-refractivity contribution is 0.332. The van der Waals surface area contributed by atoms with Gasteiger partial charge in [0.15, 0.2) is 0 Å². The van der Waals surface area contributed by atoms with Crippen molar-refractivity contribution in [2.75, 3.05) is 9.80 Å². The summed E-state index contributed by atoms with van der Waals surface area (Å²) in [6.45, 7) is 12.5. The first kappa shape index (κ1) is 19.2. The minimum Gasteiger partial charge on any atom is -0.310 e. The second-order valence-corrected chi connectivity index (χ2v) is 16.8. The van der Waals surface area contributed by atoms with E-state index in [0.717, 1.165) is 9.80 Å². The zero-order chi connectivity index (χ0) is 56.1. The topological polar surface area (TPSA) is 6.48 Å². The molecule has 1 heterocycles. The maximum absolute atomic E-state index is 10.3. The predicted molar refractivity (Wildman–Crippen MR) is 236 cm³/mol. The van der Waals surface area contributed by atoms with Crippen LogP contribution in [-0.2, 0) is 16.2 Å². The fraction of sp³-hybridized carbons (Fsp3) is 0.240. The van der Waals surface area contributed by atoms with E-state index in [1.807, 2.05) is 27.7 Å². The molecule has 0 fully saturated rings. The van der Waals surface area contributed by atoms with E-state index in [1.54, 1.807) is 20.8 Å². The lowest BCUT2D eigenvalue weighted by atomic mass is 9.63. The number of anilines is 6. The molecular weight excluding hydrogens is 696 g/mol. The zero-order valence-corrected chi connectivity index (χ0v) is 32.4. The van der Waals surface area contributed by atoms with Gasteiger partial charge in [-0.05, 0) is 112 Å². The van der Waals surface area contributed by atoms with Gasteiger partial charge in [0.05, 0.1) is 40.2 Å². The molecule has 0 N–H and O–H groups in total. The van der Waals surface area contributed by atoms with Gasteiger partial charge in [0.2, 0.25) is 0 Å². The number of nitrogens with zero attached hydrogens (tertiary/aromatic N) is 2. The van der Waals surface area contributed by atoms with Gasteiger partial charge in [0.25, 0.3) is 0 Å². The summed E-state index contributed by atoms with van der Waals surface area (Å²) < 4.78 is 193. The van der Waals surface area contributed by atoms with Gasteiger partial charge in [-0.1, -0.05) is 139 Å². The lowest BCUT2D eigenvalue weighted by Crippen LogP contribution is -2.34. The van der Waals surface area contributed by atoms with Crippen LogP contribution in [0, 0.1) is 0 Å². The fourth-order valence-electron chi connectivity index (χ4n) is 6.66. The maximum atomic E-state index is 10.3. The van der Waals surface area contributed by atoms with Gasteiger partial charge in [0.1, 0.15) is 0 Å². The SMILES string of the molecule is [2H]c1sc2c([2H])c([2H])c([2H])c([2H])c2c1N(c1cc(Cl)cc(N(c2c([2H])c([2H])c3c(c2[2H])C(C)(C)CCC3(C)C)c2c([2H])c([2H])c(C(C)(C)C)c([2H])c2-c2c([2H])c([2H])c([2H])c([2H])c2[2H])c1)c1c([2H])c([2H])c([2H])c([2H])c1[2H]. The minimum atomic E-state index is -1.10. The van der Waals surface area contributed by atoms with Gasteiger partial charge in [-0.15, -0.1) is 11.3 Å². The molecule has 0 radical (unpaired) electrons.